The first-order chi connectivity index (χ1) is 10.7. The number of amides is 1. The van der Waals surface area contributed by atoms with Gasteiger partial charge in [0.25, 0.3) is 5.91 Å². The van der Waals surface area contributed by atoms with E-state index in [-0.39, 0.29) is 17.7 Å². The predicted octanol–water partition coefficient (Wildman–Crippen LogP) is 1.77. The lowest BCUT2D eigenvalue weighted by molar-refractivity contribution is 0.0864. The Hall–Kier alpha value is -2.21. The molecular formula is C16H20N4O2. The number of piperidine rings is 1. The molecule has 2 aromatic heterocycles. The molecule has 1 amide bonds. The second-order valence-corrected chi connectivity index (χ2v) is 5.74. The van der Waals surface area contributed by atoms with Crippen LogP contribution in [-0.2, 0) is 6.54 Å². The zero-order chi connectivity index (χ0) is 15.4. The van der Waals surface area contributed by atoms with Crippen LogP contribution in [0.2, 0.25) is 0 Å². The van der Waals surface area contributed by atoms with Gasteiger partial charge < -0.3 is 9.84 Å². The van der Waals surface area contributed by atoms with Gasteiger partial charge >= 0.3 is 0 Å². The highest BCUT2D eigenvalue weighted by Gasteiger charge is 2.23. The quantitative estimate of drug-likeness (QED) is 0.932. The summed E-state index contributed by atoms with van der Waals surface area (Å²) in [4.78, 5) is 18.6. The molecule has 116 valence electrons. The van der Waals surface area contributed by atoms with Gasteiger partial charge in [-0.25, -0.2) is 0 Å². The van der Waals surface area contributed by atoms with E-state index < -0.39 is 0 Å². The van der Waals surface area contributed by atoms with Gasteiger partial charge in [-0.05, 0) is 37.9 Å². The number of likely N-dealkylation sites (tertiary alicyclic amines) is 1. The summed E-state index contributed by atoms with van der Waals surface area (Å²) in [5, 5.41) is 6.78. The molecule has 3 heterocycles. The maximum absolute atomic E-state index is 12.1. The van der Waals surface area contributed by atoms with Crippen LogP contribution in [-0.4, -0.2) is 40.1 Å². The number of rotatable bonds is 4. The number of nitrogens with one attached hydrogen (secondary N) is 1. The van der Waals surface area contributed by atoms with Gasteiger partial charge in [0.1, 0.15) is 0 Å². The van der Waals surface area contributed by atoms with Crippen LogP contribution in [0.5, 0.6) is 0 Å². The molecule has 0 aromatic carbocycles. The van der Waals surface area contributed by atoms with Crippen molar-refractivity contribution in [1.82, 2.24) is 20.4 Å². The molecule has 0 radical (unpaired) electrons. The van der Waals surface area contributed by atoms with E-state index in [2.05, 4.69) is 26.4 Å². The van der Waals surface area contributed by atoms with Gasteiger partial charge in [0, 0.05) is 37.6 Å². The number of hydrogen-bond acceptors (Lipinski definition) is 5. The zero-order valence-corrected chi connectivity index (χ0v) is 12.7. The van der Waals surface area contributed by atoms with E-state index in [0.717, 1.165) is 32.5 Å². The monoisotopic (exact) mass is 300 g/mol. The molecule has 0 bridgehead atoms. The van der Waals surface area contributed by atoms with Crippen LogP contribution in [0.4, 0.5) is 0 Å². The minimum atomic E-state index is -0.186. The summed E-state index contributed by atoms with van der Waals surface area (Å²) in [5.41, 5.74) is 1.91. The lowest BCUT2D eigenvalue weighted by Gasteiger charge is -2.32. The Labute approximate surface area is 129 Å². The van der Waals surface area contributed by atoms with Crippen LogP contribution < -0.4 is 5.32 Å². The van der Waals surface area contributed by atoms with Crippen molar-refractivity contribution < 1.29 is 9.32 Å². The maximum Gasteiger partial charge on any atom is 0.290 e. The first kappa shape index (κ1) is 14.7. The fourth-order valence-corrected chi connectivity index (χ4v) is 2.79. The largest absolute Gasteiger partial charge is 0.351 e. The fourth-order valence-electron chi connectivity index (χ4n) is 2.79. The molecule has 22 heavy (non-hydrogen) atoms. The lowest BCUT2D eigenvalue weighted by Crippen LogP contribution is -2.47. The minimum absolute atomic E-state index is 0.142. The van der Waals surface area contributed by atoms with E-state index >= 15 is 0 Å². The highest BCUT2D eigenvalue weighted by Crippen LogP contribution is 2.14. The third kappa shape index (κ3) is 3.71. The summed E-state index contributed by atoms with van der Waals surface area (Å²) in [6.07, 6.45) is 5.73. The third-order valence-electron chi connectivity index (χ3n) is 3.82. The van der Waals surface area contributed by atoms with Crippen molar-refractivity contribution in [2.24, 2.45) is 0 Å². The molecule has 0 saturated carbocycles. The number of aryl methyl sites for hydroxylation is 1. The molecule has 0 spiro atoms. The number of carbonyl (C=O) groups excluding carboxylic acids is 1. The molecule has 6 nitrogen and oxygen atoms in total. The highest BCUT2D eigenvalue weighted by molar-refractivity contribution is 5.91. The highest BCUT2D eigenvalue weighted by atomic mass is 16.5. The smallest absolute Gasteiger partial charge is 0.290 e. The predicted molar refractivity (Wildman–Crippen MR) is 81.2 cm³/mol. The Balaban J connectivity index is 1.55. The van der Waals surface area contributed by atoms with Crippen LogP contribution in [0.3, 0.4) is 0 Å². The Kier molecular flexibility index (Phi) is 4.48. The maximum atomic E-state index is 12.1. The number of aromatic nitrogens is 2. The van der Waals surface area contributed by atoms with Crippen LogP contribution in [0.1, 0.15) is 34.7 Å². The van der Waals surface area contributed by atoms with Crippen molar-refractivity contribution in [1.29, 1.82) is 0 Å². The standard InChI is InChI=1S/C16H20N4O2/c1-12-8-15(22-19-12)16(21)18-14-5-3-7-20(11-14)10-13-4-2-6-17-9-13/h2,4,6,8-9,14H,3,5,7,10-11H2,1H3,(H,18,21)/t14-/m0/s1. The number of pyridine rings is 1. The van der Waals surface area contributed by atoms with Gasteiger partial charge in [0.2, 0.25) is 5.76 Å². The first-order valence-corrected chi connectivity index (χ1v) is 7.56. The van der Waals surface area contributed by atoms with E-state index in [4.69, 9.17) is 4.52 Å². The molecule has 6 heteroatoms. The molecule has 2 aromatic rings. The van der Waals surface area contributed by atoms with Crippen LogP contribution in [0.15, 0.2) is 35.1 Å². The topological polar surface area (TPSA) is 71.3 Å². The SMILES string of the molecule is Cc1cc(C(=O)N[C@H]2CCCN(Cc3cccnc3)C2)on1. The lowest BCUT2D eigenvalue weighted by atomic mass is 10.0. The van der Waals surface area contributed by atoms with Crippen molar-refractivity contribution in [3.8, 4) is 0 Å². The number of nitrogens with zero attached hydrogens (tertiary/aromatic N) is 3. The van der Waals surface area contributed by atoms with Gasteiger partial charge in [0.15, 0.2) is 0 Å². The molecule has 1 aliphatic heterocycles. The van der Waals surface area contributed by atoms with Crippen molar-refractivity contribution in [2.75, 3.05) is 13.1 Å². The van der Waals surface area contributed by atoms with Crippen LogP contribution in [0.25, 0.3) is 0 Å². The summed E-state index contributed by atoms with van der Waals surface area (Å²) in [6, 6.07) is 5.83. The second-order valence-electron chi connectivity index (χ2n) is 5.74. The summed E-state index contributed by atoms with van der Waals surface area (Å²) in [7, 11) is 0. The second kappa shape index (κ2) is 6.70. The minimum Gasteiger partial charge on any atom is -0.351 e. The Morgan fingerprint density at radius 1 is 1.55 bits per heavy atom. The molecule has 1 saturated heterocycles. The summed E-state index contributed by atoms with van der Waals surface area (Å²) in [5.74, 6) is 0.0933. The van der Waals surface area contributed by atoms with Gasteiger partial charge in [-0.3, -0.25) is 14.7 Å². The fraction of sp³-hybridized carbons (Fsp3) is 0.438. The molecule has 0 unspecified atom stereocenters. The van der Waals surface area contributed by atoms with Gasteiger partial charge in [-0.1, -0.05) is 11.2 Å². The Bertz CT molecular complexity index is 626. The summed E-state index contributed by atoms with van der Waals surface area (Å²) in [6.45, 7) is 4.55. The van der Waals surface area contributed by atoms with Crippen molar-refractivity contribution in [3.63, 3.8) is 0 Å². The van der Waals surface area contributed by atoms with Crippen molar-refractivity contribution >= 4 is 5.91 Å². The molecule has 1 fully saturated rings. The van der Waals surface area contributed by atoms with Crippen molar-refractivity contribution in [2.45, 2.75) is 32.4 Å². The summed E-state index contributed by atoms with van der Waals surface area (Å²) < 4.78 is 5.01. The van der Waals surface area contributed by atoms with E-state index in [1.807, 2.05) is 12.3 Å². The molecule has 3 rings (SSSR count). The normalized spacial score (nSPS) is 19.0. The Morgan fingerprint density at radius 2 is 2.45 bits per heavy atom. The first-order valence-electron chi connectivity index (χ1n) is 7.56. The van der Waals surface area contributed by atoms with Crippen molar-refractivity contribution in [3.05, 3.63) is 47.6 Å². The molecule has 0 aliphatic carbocycles. The molecule has 1 atom stereocenters. The molecule has 1 N–H and O–H groups in total. The molecule has 1 aliphatic rings. The number of carbonyl (C=O) groups is 1. The molecular weight excluding hydrogens is 280 g/mol. The average Bonchev–Trinajstić information content (AvgIpc) is 2.95. The Morgan fingerprint density at radius 3 is 3.18 bits per heavy atom. The summed E-state index contributed by atoms with van der Waals surface area (Å²) >= 11 is 0. The van der Waals surface area contributed by atoms with Crippen LogP contribution >= 0.6 is 0 Å². The van der Waals surface area contributed by atoms with E-state index in [0.29, 0.717) is 5.69 Å². The van der Waals surface area contributed by atoms with Gasteiger partial charge in [-0.2, -0.15) is 0 Å². The zero-order valence-electron chi connectivity index (χ0n) is 12.7. The van der Waals surface area contributed by atoms with E-state index in [9.17, 15) is 4.79 Å². The average molecular weight is 300 g/mol. The van der Waals surface area contributed by atoms with Crippen LogP contribution in [0, 0.1) is 6.92 Å². The third-order valence-corrected chi connectivity index (χ3v) is 3.82. The number of hydrogen-bond donors (Lipinski definition) is 1. The van der Waals surface area contributed by atoms with Gasteiger partial charge in [0.05, 0.1) is 5.69 Å². The van der Waals surface area contributed by atoms with Gasteiger partial charge in [-0.15, -0.1) is 0 Å². The van der Waals surface area contributed by atoms with E-state index in [1.165, 1.54) is 5.56 Å². The van der Waals surface area contributed by atoms with E-state index in [1.54, 1.807) is 19.2 Å².